The van der Waals surface area contributed by atoms with Crippen molar-refractivity contribution in [2.24, 2.45) is 0 Å². The zero-order valence-corrected chi connectivity index (χ0v) is 15.8. The summed E-state index contributed by atoms with van der Waals surface area (Å²) in [5.41, 5.74) is 4.45. The van der Waals surface area contributed by atoms with E-state index in [9.17, 15) is 13.2 Å². The molecule has 1 heterocycles. The molecular weight excluding hydrogens is 383 g/mol. The van der Waals surface area contributed by atoms with Gasteiger partial charge < -0.3 is 9.64 Å². The second-order valence-corrected chi connectivity index (χ2v) is 6.95. The van der Waals surface area contributed by atoms with E-state index in [1.54, 1.807) is 0 Å². The van der Waals surface area contributed by atoms with Crippen molar-refractivity contribution in [2.75, 3.05) is 11.9 Å². The molecule has 0 unspecified atom stereocenters. The average Bonchev–Trinajstić information content (AvgIpc) is 2.67. The van der Waals surface area contributed by atoms with Crippen molar-refractivity contribution in [3.05, 3.63) is 89.0 Å². The molecule has 0 aromatic heterocycles. The highest BCUT2D eigenvalue weighted by atomic mass is 32.1. The molecule has 0 atom stereocenters. The fourth-order valence-corrected chi connectivity index (χ4v) is 3.74. The van der Waals surface area contributed by atoms with Gasteiger partial charge >= 0.3 is 6.18 Å². The van der Waals surface area contributed by atoms with Crippen LogP contribution in [-0.4, -0.2) is 12.1 Å². The van der Waals surface area contributed by atoms with Crippen molar-refractivity contribution in [2.45, 2.75) is 12.6 Å². The van der Waals surface area contributed by atoms with Crippen molar-refractivity contribution >= 4 is 28.6 Å². The molecule has 0 radical (unpaired) electrons. The zero-order valence-electron chi connectivity index (χ0n) is 15.0. The molecule has 2 nitrogen and oxygen atoms in total. The Hall–Kier alpha value is -2.86. The van der Waals surface area contributed by atoms with Gasteiger partial charge in [0, 0.05) is 30.4 Å². The number of benzene rings is 3. The van der Waals surface area contributed by atoms with E-state index >= 15 is 0 Å². The molecule has 4 rings (SSSR count). The number of para-hydroxylation sites is 1. The summed E-state index contributed by atoms with van der Waals surface area (Å²) in [5, 5.41) is 0.240. The van der Waals surface area contributed by atoms with E-state index in [2.05, 4.69) is 17.0 Å². The number of alkyl halides is 3. The number of fused-ring (bicyclic) bond motifs is 2. The molecule has 1 aliphatic rings. The van der Waals surface area contributed by atoms with Crippen molar-refractivity contribution in [3.63, 3.8) is 0 Å². The summed E-state index contributed by atoms with van der Waals surface area (Å²) in [6, 6.07) is 18.5. The standard InChI is InChI=1S/C22H16F3NOS/c1-26-19-7-3-2-5-14(19)13-18-17(6-4-8-20(18)26)21(28)27-16-11-9-15(10-12-16)22(23,24)25/h2-12H,13H2,1H3. The lowest BCUT2D eigenvalue weighted by Gasteiger charge is -2.31. The predicted molar refractivity (Wildman–Crippen MR) is 108 cm³/mol. The highest BCUT2D eigenvalue weighted by Crippen LogP contribution is 2.39. The topological polar surface area (TPSA) is 12.5 Å². The number of nitrogens with zero attached hydrogens (tertiary/aromatic N) is 1. The summed E-state index contributed by atoms with van der Waals surface area (Å²) in [6.45, 7) is 0. The van der Waals surface area contributed by atoms with Crippen molar-refractivity contribution in [1.82, 2.24) is 0 Å². The molecule has 0 amide bonds. The maximum Gasteiger partial charge on any atom is 0.416 e. The minimum Gasteiger partial charge on any atom is -0.445 e. The van der Waals surface area contributed by atoms with E-state index in [0.29, 0.717) is 6.42 Å². The van der Waals surface area contributed by atoms with Crippen molar-refractivity contribution in [3.8, 4) is 5.75 Å². The quantitative estimate of drug-likeness (QED) is 0.481. The third-order valence-corrected chi connectivity index (χ3v) is 5.15. The number of halogens is 3. The fraction of sp³-hybridized carbons (Fsp3) is 0.136. The Morgan fingerprint density at radius 1 is 0.929 bits per heavy atom. The Balaban J connectivity index is 1.63. The van der Waals surface area contributed by atoms with Crippen LogP contribution in [0.15, 0.2) is 66.7 Å². The smallest absolute Gasteiger partial charge is 0.416 e. The van der Waals surface area contributed by atoms with Crippen LogP contribution in [0.1, 0.15) is 22.3 Å². The third kappa shape index (κ3) is 3.36. The van der Waals surface area contributed by atoms with Gasteiger partial charge in [-0.25, -0.2) is 0 Å². The molecule has 0 saturated heterocycles. The van der Waals surface area contributed by atoms with Gasteiger partial charge in [-0.1, -0.05) is 24.3 Å². The molecule has 0 aliphatic carbocycles. The molecule has 0 saturated carbocycles. The van der Waals surface area contributed by atoms with Crippen LogP contribution >= 0.6 is 12.2 Å². The van der Waals surface area contributed by atoms with Gasteiger partial charge in [-0.15, -0.1) is 0 Å². The summed E-state index contributed by atoms with van der Waals surface area (Å²) in [6.07, 6.45) is -3.67. The van der Waals surface area contributed by atoms with Gasteiger partial charge in [-0.3, -0.25) is 0 Å². The molecule has 3 aromatic rings. The molecule has 0 N–H and O–H groups in total. The Labute approximate surface area is 166 Å². The molecule has 0 spiro atoms. The van der Waals surface area contributed by atoms with Crippen LogP contribution in [0, 0.1) is 0 Å². The zero-order chi connectivity index (χ0) is 19.9. The van der Waals surface area contributed by atoms with E-state index in [1.165, 1.54) is 17.7 Å². The van der Waals surface area contributed by atoms with Gasteiger partial charge in [0.15, 0.2) is 5.05 Å². The van der Waals surface area contributed by atoms with Crippen LogP contribution < -0.4 is 9.64 Å². The Bertz CT molecular complexity index is 1040. The first-order valence-corrected chi connectivity index (χ1v) is 9.08. The van der Waals surface area contributed by atoms with E-state index in [4.69, 9.17) is 17.0 Å². The predicted octanol–water partition coefficient (Wildman–Crippen LogP) is 6.13. The third-order valence-electron chi connectivity index (χ3n) is 4.84. The first-order valence-electron chi connectivity index (χ1n) is 8.67. The molecular formula is C22H16F3NOS. The van der Waals surface area contributed by atoms with E-state index < -0.39 is 11.7 Å². The molecule has 142 valence electrons. The second-order valence-electron chi connectivity index (χ2n) is 6.58. The lowest BCUT2D eigenvalue weighted by atomic mass is 9.92. The molecule has 0 bridgehead atoms. The summed E-state index contributed by atoms with van der Waals surface area (Å²) < 4.78 is 43.9. The molecule has 6 heteroatoms. The van der Waals surface area contributed by atoms with Crippen LogP contribution in [0.3, 0.4) is 0 Å². The largest absolute Gasteiger partial charge is 0.445 e. The number of ether oxygens (including phenoxy) is 1. The van der Waals surface area contributed by atoms with Gasteiger partial charge in [0.25, 0.3) is 0 Å². The van der Waals surface area contributed by atoms with E-state index in [0.717, 1.165) is 34.6 Å². The highest BCUT2D eigenvalue weighted by molar-refractivity contribution is 7.80. The van der Waals surface area contributed by atoms with E-state index in [-0.39, 0.29) is 10.8 Å². The molecule has 3 aromatic carbocycles. The first kappa shape index (κ1) is 18.5. The van der Waals surface area contributed by atoms with Crippen LogP contribution in [0.25, 0.3) is 0 Å². The lowest BCUT2D eigenvalue weighted by Crippen LogP contribution is -2.21. The summed E-state index contributed by atoms with van der Waals surface area (Å²) in [5.74, 6) is 0.278. The molecule has 1 aliphatic heterocycles. The Morgan fingerprint density at radius 2 is 1.61 bits per heavy atom. The van der Waals surface area contributed by atoms with Crippen LogP contribution in [0.2, 0.25) is 0 Å². The highest BCUT2D eigenvalue weighted by Gasteiger charge is 2.30. The second kappa shape index (κ2) is 6.95. The van der Waals surface area contributed by atoms with Gasteiger partial charge in [-0.2, -0.15) is 13.2 Å². The number of hydrogen-bond donors (Lipinski definition) is 0. The van der Waals surface area contributed by atoms with Gasteiger partial charge in [-0.05, 0) is 65.8 Å². The SMILES string of the molecule is CN1c2ccccc2Cc2c(C(=S)Oc3ccc(C(F)(F)F)cc3)cccc21. The summed E-state index contributed by atoms with van der Waals surface area (Å²) in [7, 11) is 2.00. The number of rotatable bonds is 2. The fourth-order valence-electron chi connectivity index (χ4n) is 3.45. The lowest BCUT2D eigenvalue weighted by molar-refractivity contribution is -0.137. The Kier molecular flexibility index (Phi) is 4.59. The van der Waals surface area contributed by atoms with E-state index in [1.807, 2.05) is 37.4 Å². The minimum atomic E-state index is -4.38. The Morgan fingerprint density at radius 3 is 2.32 bits per heavy atom. The number of hydrogen-bond acceptors (Lipinski definition) is 3. The van der Waals surface area contributed by atoms with Crippen molar-refractivity contribution in [1.29, 1.82) is 0 Å². The van der Waals surface area contributed by atoms with Crippen LogP contribution in [0.5, 0.6) is 5.75 Å². The molecule has 28 heavy (non-hydrogen) atoms. The average molecular weight is 399 g/mol. The maximum atomic E-state index is 12.7. The van der Waals surface area contributed by atoms with Crippen molar-refractivity contribution < 1.29 is 17.9 Å². The monoisotopic (exact) mass is 399 g/mol. The first-order chi connectivity index (χ1) is 13.3. The van der Waals surface area contributed by atoms with Gasteiger partial charge in [0.05, 0.1) is 5.56 Å². The normalized spacial score (nSPS) is 12.9. The van der Waals surface area contributed by atoms with Crippen LogP contribution in [-0.2, 0) is 12.6 Å². The van der Waals surface area contributed by atoms with Gasteiger partial charge in [0.2, 0.25) is 0 Å². The van der Waals surface area contributed by atoms with Crippen LogP contribution in [0.4, 0.5) is 24.5 Å². The summed E-state index contributed by atoms with van der Waals surface area (Å²) >= 11 is 5.47. The maximum absolute atomic E-state index is 12.7. The number of thiocarbonyl (C=S) groups is 1. The molecule has 0 fully saturated rings. The summed E-state index contributed by atoms with van der Waals surface area (Å²) in [4.78, 5) is 2.11. The van der Waals surface area contributed by atoms with Gasteiger partial charge in [0.1, 0.15) is 5.75 Å². The number of anilines is 2. The minimum absolute atomic E-state index is 0.240.